The van der Waals surface area contributed by atoms with Crippen molar-refractivity contribution in [1.82, 2.24) is 10.3 Å². The molecule has 0 saturated carbocycles. The second-order valence-electron chi connectivity index (χ2n) is 6.13. The molecular formula is C18H27N3O. The fourth-order valence-electron chi connectivity index (χ4n) is 2.94. The zero-order chi connectivity index (χ0) is 16.3. The highest BCUT2D eigenvalue weighted by atomic mass is 16.2. The quantitative estimate of drug-likeness (QED) is 0.767. The van der Waals surface area contributed by atoms with E-state index in [0.717, 1.165) is 23.9 Å². The molecule has 0 bridgehead atoms. The third kappa shape index (κ3) is 2.88. The van der Waals surface area contributed by atoms with Crippen LogP contribution in [-0.2, 0) is 11.3 Å². The van der Waals surface area contributed by atoms with Crippen molar-refractivity contribution in [2.24, 2.45) is 11.1 Å². The van der Waals surface area contributed by atoms with Crippen LogP contribution in [0.25, 0.3) is 10.9 Å². The first-order valence-electron chi connectivity index (χ1n) is 8.03. The Morgan fingerprint density at radius 2 is 1.95 bits per heavy atom. The fraction of sp³-hybridized carbons (Fsp3) is 0.500. The average molecular weight is 301 g/mol. The molecule has 0 spiro atoms. The Bertz CT molecular complexity index is 660. The van der Waals surface area contributed by atoms with Crippen molar-refractivity contribution in [3.05, 3.63) is 35.0 Å². The molecule has 4 N–H and O–H groups in total. The lowest BCUT2D eigenvalue weighted by Crippen LogP contribution is -2.45. The van der Waals surface area contributed by atoms with E-state index in [1.54, 1.807) is 0 Å². The van der Waals surface area contributed by atoms with Crippen LogP contribution in [0.2, 0.25) is 0 Å². The van der Waals surface area contributed by atoms with Gasteiger partial charge >= 0.3 is 0 Å². The van der Waals surface area contributed by atoms with Crippen molar-refractivity contribution >= 4 is 16.8 Å². The molecule has 1 aromatic carbocycles. The van der Waals surface area contributed by atoms with Gasteiger partial charge in [-0.05, 0) is 49.9 Å². The Balaban J connectivity index is 2.14. The number of carbonyl (C=O) groups excluding carboxylic acids is 1. The highest BCUT2D eigenvalue weighted by Crippen LogP contribution is 2.26. The Labute approximate surface area is 132 Å². The van der Waals surface area contributed by atoms with Gasteiger partial charge < -0.3 is 16.0 Å². The summed E-state index contributed by atoms with van der Waals surface area (Å²) in [7, 11) is 0. The maximum Gasteiger partial charge on any atom is 0.227 e. The number of rotatable bonds is 6. The Morgan fingerprint density at radius 1 is 1.27 bits per heavy atom. The van der Waals surface area contributed by atoms with E-state index in [0.29, 0.717) is 13.1 Å². The molecule has 0 aliphatic carbocycles. The van der Waals surface area contributed by atoms with Crippen LogP contribution in [0.4, 0.5) is 0 Å². The van der Waals surface area contributed by atoms with Crippen molar-refractivity contribution in [3.63, 3.8) is 0 Å². The Morgan fingerprint density at radius 3 is 2.55 bits per heavy atom. The van der Waals surface area contributed by atoms with E-state index in [1.165, 1.54) is 16.6 Å². The highest BCUT2D eigenvalue weighted by Gasteiger charge is 2.32. The van der Waals surface area contributed by atoms with E-state index in [-0.39, 0.29) is 5.91 Å². The van der Waals surface area contributed by atoms with Gasteiger partial charge in [-0.15, -0.1) is 0 Å². The van der Waals surface area contributed by atoms with Crippen LogP contribution in [0, 0.1) is 19.3 Å². The second-order valence-corrected chi connectivity index (χ2v) is 6.13. The molecule has 1 aromatic heterocycles. The maximum atomic E-state index is 12.5. The van der Waals surface area contributed by atoms with Gasteiger partial charge in [0.1, 0.15) is 0 Å². The number of aromatic nitrogens is 1. The van der Waals surface area contributed by atoms with E-state index in [2.05, 4.69) is 42.3 Å². The Hall–Kier alpha value is -1.81. The molecule has 120 valence electrons. The lowest BCUT2D eigenvalue weighted by Gasteiger charge is -2.28. The molecule has 0 aliphatic rings. The summed E-state index contributed by atoms with van der Waals surface area (Å²) in [6, 6.07) is 6.28. The molecule has 0 radical (unpaired) electrons. The smallest absolute Gasteiger partial charge is 0.227 e. The first-order chi connectivity index (χ1) is 10.5. The van der Waals surface area contributed by atoms with Crippen LogP contribution >= 0.6 is 0 Å². The molecule has 4 heteroatoms. The first-order valence-corrected chi connectivity index (χ1v) is 8.03. The summed E-state index contributed by atoms with van der Waals surface area (Å²) in [5.74, 6) is 0.0575. The standard InChI is InChI=1S/C18H27N3O/c1-5-18(6-2,11-19)17(22)20-10-14-7-8-16-15(9-14)12(3)13(4)21-16/h7-9,21H,5-6,10-11,19H2,1-4H3,(H,20,22). The molecule has 2 aromatic rings. The lowest BCUT2D eigenvalue weighted by molar-refractivity contribution is -0.131. The molecule has 4 nitrogen and oxygen atoms in total. The minimum Gasteiger partial charge on any atom is -0.358 e. The van der Waals surface area contributed by atoms with Gasteiger partial charge in [-0.25, -0.2) is 0 Å². The molecule has 2 rings (SSSR count). The number of H-pyrrole nitrogens is 1. The summed E-state index contributed by atoms with van der Waals surface area (Å²) in [6.45, 7) is 9.17. The minimum atomic E-state index is -0.440. The van der Waals surface area contributed by atoms with Gasteiger partial charge in [0.25, 0.3) is 0 Å². The van der Waals surface area contributed by atoms with Crippen molar-refractivity contribution < 1.29 is 4.79 Å². The summed E-state index contributed by atoms with van der Waals surface area (Å²) < 4.78 is 0. The Kier molecular flexibility index (Phi) is 4.91. The average Bonchev–Trinajstić information content (AvgIpc) is 2.82. The van der Waals surface area contributed by atoms with Gasteiger partial charge in [0, 0.05) is 29.7 Å². The van der Waals surface area contributed by atoms with Crippen molar-refractivity contribution in [2.45, 2.75) is 47.1 Å². The van der Waals surface area contributed by atoms with Crippen LogP contribution in [-0.4, -0.2) is 17.4 Å². The van der Waals surface area contributed by atoms with E-state index in [1.807, 2.05) is 13.8 Å². The molecule has 0 fully saturated rings. The monoisotopic (exact) mass is 301 g/mol. The number of nitrogens with one attached hydrogen (secondary N) is 2. The number of amides is 1. The normalized spacial score (nSPS) is 11.9. The molecule has 0 atom stereocenters. The summed E-state index contributed by atoms with van der Waals surface area (Å²) in [5, 5.41) is 4.28. The zero-order valence-electron chi connectivity index (χ0n) is 14.0. The fourth-order valence-corrected chi connectivity index (χ4v) is 2.94. The molecule has 0 saturated heterocycles. The topological polar surface area (TPSA) is 70.9 Å². The first kappa shape index (κ1) is 16.6. The van der Waals surface area contributed by atoms with Gasteiger partial charge in [-0.1, -0.05) is 19.9 Å². The predicted octanol–water partition coefficient (Wildman–Crippen LogP) is 3.17. The predicted molar refractivity (Wildman–Crippen MR) is 91.7 cm³/mol. The van der Waals surface area contributed by atoms with Crippen LogP contribution in [0.1, 0.15) is 43.5 Å². The van der Waals surface area contributed by atoms with Crippen LogP contribution in [0.3, 0.4) is 0 Å². The number of hydrogen-bond acceptors (Lipinski definition) is 2. The van der Waals surface area contributed by atoms with Crippen LogP contribution < -0.4 is 11.1 Å². The molecule has 0 aliphatic heterocycles. The lowest BCUT2D eigenvalue weighted by atomic mass is 9.81. The number of hydrogen-bond donors (Lipinski definition) is 3. The summed E-state index contributed by atoms with van der Waals surface area (Å²) in [4.78, 5) is 15.8. The van der Waals surface area contributed by atoms with Gasteiger partial charge in [0.2, 0.25) is 5.91 Å². The summed E-state index contributed by atoms with van der Waals surface area (Å²) in [5.41, 5.74) is 10.1. The number of aryl methyl sites for hydroxylation is 2. The van der Waals surface area contributed by atoms with E-state index < -0.39 is 5.41 Å². The van der Waals surface area contributed by atoms with Crippen molar-refractivity contribution in [1.29, 1.82) is 0 Å². The van der Waals surface area contributed by atoms with E-state index in [4.69, 9.17) is 5.73 Å². The number of fused-ring (bicyclic) bond motifs is 1. The van der Waals surface area contributed by atoms with Crippen LogP contribution in [0.5, 0.6) is 0 Å². The third-order valence-electron chi connectivity index (χ3n) is 5.05. The van der Waals surface area contributed by atoms with E-state index >= 15 is 0 Å². The SMILES string of the molecule is CCC(CC)(CN)C(=O)NCc1ccc2[nH]c(C)c(C)c2c1. The number of carbonyl (C=O) groups is 1. The van der Waals surface area contributed by atoms with Gasteiger partial charge in [-0.2, -0.15) is 0 Å². The number of aromatic amines is 1. The molecule has 22 heavy (non-hydrogen) atoms. The van der Waals surface area contributed by atoms with Gasteiger partial charge in [0.05, 0.1) is 5.41 Å². The second kappa shape index (κ2) is 6.53. The zero-order valence-corrected chi connectivity index (χ0v) is 14.0. The molecule has 1 heterocycles. The number of nitrogens with two attached hydrogens (primary N) is 1. The minimum absolute atomic E-state index is 0.0575. The maximum absolute atomic E-state index is 12.5. The van der Waals surface area contributed by atoms with E-state index in [9.17, 15) is 4.79 Å². The molecule has 1 amide bonds. The molecular weight excluding hydrogens is 274 g/mol. The third-order valence-corrected chi connectivity index (χ3v) is 5.05. The van der Waals surface area contributed by atoms with Crippen LogP contribution in [0.15, 0.2) is 18.2 Å². The van der Waals surface area contributed by atoms with Gasteiger partial charge in [-0.3, -0.25) is 4.79 Å². The van der Waals surface area contributed by atoms with Crippen molar-refractivity contribution in [3.8, 4) is 0 Å². The largest absolute Gasteiger partial charge is 0.358 e. The number of benzene rings is 1. The van der Waals surface area contributed by atoms with Crippen molar-refractivity contribution in [2.75, 3.05) is 6.54 Å². The summed E-state index contributed by atoms with van der Waals surface area (Å²) >= 11 is 0. The highest BCUT2D eigenvalue weighted by molar-refractivity contribution is 5.85. The molecule has 0 unspecified atom stereocenters. The summed E-state index contributed by atoms with van der Waals surface area (Å²) in [6.07, 6.45) is 1.53. The van der Waals surface area contributed by atoms with Gasteiger partial charge in [0.15, 0.2) is 0 Å².